The Hall–Kier alpha value is -5.05. The molecule has 0 spiro atoms. The van der Waals surface area contributed by atoms with Crippen molar-refractivity contribution < 1.29 is 14.0 Å². The average molecular weight is 495 g/mol. The van der Waals surface area contributed by atoms with Gasteiger partial charge < -0.3 is 20.9 Å². The summed E-state index contributed by atoms with van der Waals surface area (Å²) >= 11 is 0. The molecule has 0 bridgehead atoms. The first-order valence-corrected chi connectivity index (χ1v) is 11.5. The third-order valence-corrected chi connectivity index (χ3v) is 5.91. The third-order valence-electron chi connectivity index (χ3n) is 5.91. The summed E-state index contributed by atoms with van der Waals surface area (Å²) in [6.07, 6.45) is 4.67. The summed E-state index contributed by atoms with van der Waals surface area (Å²) in [4.78, 5) is 39.8. The van der Waals surface area contributed by atoms with Crippen LogP contribution in [0.4, 0.5) is 15.8 Å². The number of hydrogen-bond acceptors (Lipinski definition) is 5. The Morgan fingerprint density at radius 3 is 2.54 bits per heavy atom. The Labute approximate surface area is 212 Å². The van der Waals surface area contributed by atoms with Gasteiger partial charge in [-0.25, -0.2) is 14.4 Å². The van der Waals surface area contributed by atoms with E-state index in [0.29, 0.717) is 28.2 Å². The Bertz CT molecular complexity index is 1510. The van der Waals surface area contributed by atoms with Crippen molar-refractivity contribution in [1.82, 2.24) is 15.3 Å². The van der Waals surface area contributed by atoms with E-state index in [1.54, 1.807) is 79.0 Å². The molecule has 9 heteroatoms. The predicted molar refractivity (Wildman–Crippen MR) is 140 cm³/mol. The molecule has 3 aromatic carbocycles. The largest absolute Gasteiger partial charge is 0.398 e. The number of aromatic amines is 1. The molecule has 4 aromatic rings. The normalized spacial score (nSPS) is 15.3. The molecular formula is C28H23FN6O2. The number of nitrogens with one attached hydrogen (secondary N) is 2. The Morgan fingerprint density at radius 2 is 1.78 bits per heavy atom. The van der Waals surface area contributed by atoms with Crippen LogP contribution in [0.1, 0.15) is 22.4 Å². The summed E-state index contributed by atoms with van der Waals surface area (Å²) in [5, 5.41) is 2.67. The lowest BCUT2D eigenvalue weighted by Crippen LogP contribution is -2.46. The van der Waals surface area contributed by atoms with Crippen LogP contribution in [0.3, 0.4) is 0 Å². The van der Waals surface area contributed by atoms with Crippen LogP contribution in [0.5, 0.6) is 0 Å². The molecule has 0 unspecified atom stereocenters. The summed E-state index contributed by atoms with van der Waals surface area (Å²) in [6, 6.07) is 20.4. The number of nitrogens with two attached hydrogens (primary N) is 1. The average Bonchev–Trinajstić information content (AvgIpc) is 3.39. The lowest BCUT2D eigenvalue weighted by Gasteiger charge is -2.24. The molecule has 0 aliphatic carbocycles. The van der Waals surface area contributed by atoms with Gasteiger partial charge in [-0.3, -0.25) is 9.59 Å². The predicted octanol–water partition coefficient (Wildman–Crippen LogP) is 3.67. The number of hydrogen-bond donors (Lipinski definition) is 3. The molecule has 184 valence electrons. The molecule has 5 rings (SSSR count). The van der Waals surface area contributed by atoms with Crippen molar-refractivity contribution in [2.75, 3.05) is 10.6 Å². The van der Waals surface area contributed by atoms with E-state index in [9.17, 15) is 14.0 Å². The van der Waals surface area contributed by atoms with Crippen molar-refractivity contribution in [2.24, 2.45) is 4.99 Å². The summed E-state index contributed by atoms with van der Waals surface area (Å²) in [5.41, 5.74) is 9.38. The number of amides is 2. The Balaban J connectivity index is 1.56. The van der Waals surface area contributed by atoms with E-state index < -0.39 is 23.8 Å². The number of carbonyl (C=O) groups is 2. The maximum Gasteiger partial charge on any atom is 0.272 e. The van der Waals surface area contributed by atoms with E-state index in [-0.39, 0.29) is 17.8 Å². The lowest BCUT2D eigenvalue weighted by atomic mass is 9.99. The van der Waals surface area contributed by atoms with E-state index in [0.717, 1.165) is 0 Å². The number of aliphatic imine (C=N–C) groups is 1. The first-order chi connectivity index (χ1) is 18.0. The smallest absolute Gasteiger partial charge is 0.272 e. The fraction of sp³-hybridized carbons (Fsp3) is 0.0714. The van der Waals surface area contributed by atoms with Gasteiger partial charge in [-0.15, -0.1) is 0 Å². The van der Waals surface area contributed by atoms with Gasteiger partial charge in [0, 0.05) is 29.1 Å². The molecular weight excluding hydrogens is 471 g/mol. The summed E-state index contributed by atoms with van der Waals surface area (Å²) in [5.74, 6) is -1.52. The van der Waals surface area contributed by atoms with Crippen molar-refractivity contribution >= 4 is 35.0 Å². The molecule has 0 fully saturated rings. The third kappa shape index (κ3) is 5.01. The molecule has 2 amide bonds. The first kappa shape index (κ1) is 23.7. The van der Waals surface area contributed by atoms with Gasteiger partial charge in [-0.05, 0) is 35.9 Å². The first-order valence-electron chi connectivity index (χ1n) is 11.5. The van der Waals surface area contributed by atoms with E-state index in [1.165, 1.54) is 23.4 Å². The van der Waals surface area contributed by atoms with Gasteiger partial charge in [-0.2, -0.15) is 0 Å². The van der Waals surface area contributed by atoms with Crippen LogP contribution < -0.4 is 16.0 Å². The summed E-state index contributed by atoms with van der Waals surface area (Å²) < 4.78 is 14.9. The van der Waals surface area contributed by atoms with E-state index >= 15 is 0 Å². The van der Waals surface area contributed by atoms with Crippen LogP contribution in [-0.2, 0) is 16.1 Å². The number of H-pyrrole nitrogens is 1. The van der Waals surface area contributed by atoms with Crippen molar-refractivity contribution in [2.45, 2.75) is 12.7 Å². The zero-order valence-electron chi connectivity index (χ0n) is 19.6. The number of nitrogen functional groups attached to an aromatic ring is 1. The summed E-state index contributed by atoms with van der Waals surface area (Å²) in [7, 11) is 0. The zero-order valence-corrected chi connectivity index (χ0v) is 19.6. The topological polar surface area (TPSA) is 116 Å². The maximum absolute atomic E-state index is 14.9. The highest BCUT2D eigenvalue weighted by Gasteiger charge is 2.33. The van der Waals surface area contributed by atoms with Gasteiger partial charge in [-0.1, -0.05) is 48.5 Å². The van der Waals surface area contributed by atoms with Gasteiger partial charge in [0.25, 0.3) is 5.91 Å². The minimum absolute atomic E-state index is 0.151. The number of halogens is 1. The maximum atomic E-state index is 14.9. The lowest BCUT2D eigenvalue weighted by molar-refractivity contribution is -0.125. The number of rotatable bonds is 6. The quantitative estimate of drug-likeness (QED) is 0.280. The molecule has 0 saturated heterocycles. The molecule has 2 heterocycles. The Kier molecular flexibility index (Phi) is 6.58. The monoisotopic (exact) mass is 494 g/mol. The fourth-order valence-corrected chi connectivity index (χ4v) is 4.11. The zero-order chi connectivity index (χ0) is 25.8. The van der Waals surface area contributed by atoms with Crippen molar-refractivity contribution in [3.8, 4) is 0 Å². The Morgan fingerprint density at radius 1 is 1.05 bits per heavy atom. The van der Waals surface area contributed by atoms with Gasteiger partial charge >= 0.3 is 0 Å². The minimum atomic E-state index is -1.31. The molecule has 1 aromatic heterocycles. The van der Waals surface area contributed by atoms with Crippen LogP contribution in [0.2, 0.25) is 0 Å². The SMILES string of the molecule is Nc1ccccc1C=CC(=O)N[C@H]1N=C(c2ccccc2F)c2ccccc2N(Cc2cnc[nH]2)C1=O. The van der Waals surface area contributed by atoms with Crippen LogP contribution in [0, 0.1) is 5.82 Å². The fourth-order valence-electron chi connectivity index (χ4n) is 4.11. The number of para-hydroxylation sites is 2. The highest BCUT2D eigenvalue weighted by Crippen LogP contribution is 2.30. The standard InChI is InChI=1S/C28H23FN6O2/c29-22-10-4-2-8-20(22)26-21-9-3-6-12-24(21)35(16-19-15-31-17-32-19)28(37)27(34-26)33-25(36)14-13-18-7-1-5-11-23(18)30/h1-15,17,27H,16,30H2,(H,31,32)(H,33,36)/t27-/m0/s1. The molecule has 37 heavy (non-hydrogen) atoms. The number of nitrogens with zero attached hydrogens (tertiary/aromatic N) is 3. The second kappa shape index (κ2) is 10.3. The van der Waals surface area contributed by atoms with Crippen LogP contribution in [0.15, 0.2) is 96.4 Å². The highest BCUT2D eigenvalue weighted by atomic mass is 19.1. The number of anilines is 2. The molecule has 0 saturated carbocycles. The molecule has 4 N–H and O–H groups in total. The van der Waals surface area contributed by atoms with Crippen molar-refractivity contribution in [1.29, 1.82) is 0 Å². The van der Waals surface area contributed by atoms with E-state index in [2.05, 4.69) is 20.3 Å². The molecule has 0 radical (unpaired) electrons. The minimum Gasteiger partial charge on any atom is -0.398 e. The summed E-state index contributed by atoms with van der Waals surface area (Å²) in [6.45, 7) is 0.151. The number of benzene rings is 3. The number of benzodiazepines with no additional fused rings is 1. The number of aromatic nitrogens is 2. The molecule has 1 aliphatic rings. The number of fused-ring (bicyclic) bond motifs is 1. The van der Waals surface area contributed by atoms with Crippen LogP contribution in [-0.4, -0.2) is 33.7 Å². The second-order valence-corrected chi connectivity index (χ2v) is 8.35. The molecule has 8 nitrogen and oxygen atoms in total. The van der Waals surface area contributed by atoms with Gasteiger partial charge in [0.2, 0.25) is 12.1 Å². The number of imidazole rings is 1. The van der Waals surface area contributed by atoms with Crippen LogP contribution >= 0.6 is 0 Å². The van der Waals surface area contributed by atoms with E-state index in [4.69, 9.17) is 5.73 Å². The van der Waals surface area contributed by atoms with Crippen molar-refractivity contribution in [3.05, 3.63) is 120 Å². The van der Waals surface area contributed by atoms with Gasteiger partial charge in [0.05, 0.1) is 30.0 Å². The highest BCUT2D eigenvalue weighted by molar-refractivity contribution is 6.20. The second-order valence-electron chi connectivity index (χ2n) is 8.35. The number of carbonyl (C=O) groups excluding carboxylic acids is 2. The van der Waals surface area contributed by atoms with Crippen LogP contribution in [0.25, 0.3) is 6.08 Å². The molecule has 1 atom stereocenters. The van der Waals surface area contributed by atoms with Crippen molar-refractivity contribution in [3.63, 3.8) is 0 Å². The van der Waals surface area contributed by atoms with Gasteiger partial charge in [0.1, 0.15) is 5.82 Å². The van der Waals surface area contributed by atoms with E-state index in [1.807, 2.05) is 0 Å². The van der Waals surface area contributed by atoms with Gasteiger partial charge in [0.15, 0.2) is 0 Å². The molecule has 1 aliphatic heterocycles.